The van der Waals surface area contributed by atoms with E-state index in [1.165, 1.54) is 35.1 Å². The van der Waals surface area contributed by atoms with Gasteiger partial charge in [0, 0.05) is 56.1 Å². The highest BCUT2D eigenvalue weighted by Gasteiger charge is 2.45. The van der Waals surface area contributed by atoms with E-state index in [0.29, 0.717) is 29.0 Å². The van der Waals surface area contributed by atoms with Gasteiger partial charge in [-0.3, -0.25) is 34.1 Å². The summed E-state index contributed by atoms with van der Waals surface area (Å²) in [5, 5.41) is 15.7. The fourth-order valence-electron chi connectivity index (χ4n) is 7.19. The molecule has 3 N–H and O–H groups in total. The van der Waals surface area contributed by atoms with Gasteiger partial charge in [0.25, 0.3) is 11.8 Å². The molecule has 11 heteroatoms. The lowest BCUT2D eigenvalue weighted by molar-refractivity contribution is -0.136. The van der Waals surface area contributed by atoms with Gasteiger partial charge < -0.3 is 15.5 Å². The third-order valence-corrected chi connectivity index (χ3v) is 9.75. The fraction of sp³-hybridized carbons (Fsp3) is 0.469. The number of benzene rings is 2. The number of fused-ring (bicyclic) bond motifs is 2. The average Bonchev–Trinajstić information content (AvgIpc) is 3.73. The Morgan fingerprint density at radius 2 is 1.72 bits per heavy atom. The molecule has 0 radical (unpaired) electrons. The van der Waals surface area contributed by atoms with Gasteiger partial charge >= 0.3 is 0 Å². The standard InChI is InChI=1S/C32H35N7O4/c40-27-9-8-26(30(41)35-27)38-31(42)22-7-6-20(16-24(22)32(38)43)34-17-18-14-21(15-18)39-29-23(28(36-39)19-4-5-19)2-1-3-25(29)37-12-10-33-11-13-37/h1-3,6-7,16,18-19,21,26,33-34H,4-5,8-15,17H2,(H,35,40,41)/t18-,21-,26?. The van der Waals surface area contributed by atoms with E-state index in [0.717, 1.165) is 56.2 Å². The molecule has 1 unspecified atom stereocenters. The van der Waals surface area contributed by atoms with E-state index in [-0.39, 0.29) is 18.7 Å². The number of nitrogens with one attached hydrogen (secondary N) is 3. The van der Waals surface area contributed by atoms with E-state index in [4.69, 9.17) is 5.10 Å². The molecule has 2 aromatic carbocycles. The van der Waals surface area contributed by atoms with Crippen molar-refractivity contribution >= 4 is 45.9 Å². The van der Waals surface area contributed by atoms with Gasteiger partial charge in [-0.25, -0.2) is 0 Å². The quantitative estimate of drug-likeness (QED) is 0.364. The highest BCUT2D eigenvalue weighted by atomic mass is 16.2. The normalized spacial score (nSPS) is 25.6. The first kappa shape index (κ1) is 26.4. The topological polar surface area (TPSA) is 129 Å². The molecule has 4 amide bonds. The minimum Gasteiger partial charge on any atom is -0.385 e. The van der Waals surface area contributed by atoms with Gasteiger partial charge in [0.05, 0.1) is 34.1 Å². The number of rotatable bonds is 7. The van der Waals surface area contributed by atoms with Crippen LogP contribution in [0.3, 0.4) is 0 Å². The highest BCUT2D eigenvalue weighted by Crippen LogP contribution is 2.47. The van der Waals surface area contributed by atoms with Crippen LogP contribution in [0, 0.1) is 5.92 Å². The lowest BCUT2D eigenvalue weighted by Gasteiger charge is -2.37. The molecule has 1 atom stereocenters. The Kier molecular flexibility index (Phi) is 6.25. The number of piperazine rings is 1. The van der Waals surface area contributed by atoms with Gasteiger partial charge in [-0.05, 0) is 62.3 Å². The van der Waals surface area contributed by atoms with Gasteiger partial charge in [-0.15, -0.1) is 0 Å². The summed E-state index contributed by atoms with van der Waals surface area (Å²) < 4.78 is 2.32. The molecule has 2 saturated carbocycles. The number of hydrogen-bond acceptors (Lipinski definition) is 8. The van der Waals surface area contributed by atoms with Crippen LogP contribution in [0.15, 0.2) is 36.4 Å². The Bertz CT molecular complexity index is 1670. The first-order valence-corrected chi connectivity index (χ1v) is 15.5. The molecule has 2 aliphatic carbocycles. The van der Waals surface area contributed by atoms with Crippen LogP contribution in [0.5, 0.6) is 0 Å². The van der Waals surface area contributed by atoms with Crippen LogP contribution in [0.25, 0.3) is 10.9 Å². The maximum Gasteiger partial charge on any atom is 0.262 e. The summed E-state index contributed by atoms with van der Waals surface area (Å²) in [5.74, 6) is -0.908. The van der Waals surface area contributed by atoms with Gasteiger partial charge in [-0.2, -0.15) is 5.10 Å². The Hall–Kier alpha value is -4.25. The predicted octanol–water partition coefficient (Wildman–Crippen LogP) is 2.79. The lowest BCUT2D eigenvalue weighted by atomic mass is 9.80. The van der Waals surface area contributed by atoms with Crippen LogP contribution >= 0.6 is 0 Å². The smallest absolute Gasteiger partial charge is 0.262 e. The number of anilines is 2. The largest absolute Gasteiger partial charge is 0.385 e. The van der Waals surface area contributed by atoms with Crippen molar-refractivity contribution in [3.05, 3.63) is 53.2 Å². The molecule has 8 rings (SSSR count). The number of piperidine rings is 1. The molecule has 0 spiro atoms. The van der Waals surface area contributed by atoms with Crippen LogP contribution < -0.4 is 20.9 Å². The average molecular weight is 582 g/mol. The van der Waals surface area contributed by atoms with Gasteiger partial charge in [0.1, 0.15) is 6.04 Å². The van der Waals surface area contributed by atoms with Gasteiger partial charge in [0.2, 0.25) is 11.8 Å². The molecule has 4 fully saturated rings. The predicted molar refractivity (Wildman–Crippen MR) is 160 cm³/mol. The summed E-state index contributed by atoms with van der Waals surface area (Å²) in [5.41, 5.74) is 5.20. The van der Waals surface area contributed by atoms with Gasteiger partial charge in [-0.1, -0.05) is 12.1 Å². The second kappa shape index (κ2) is 10.2. The Balaban J connectivity index is 0.956. The molecule has 0 bridgehead atoms. The van der Waals surface area contributed by atoms with Crippen molar-refractivity contribution in [2.24, 2.45) is 5.92 Å². The number of aromatic nitrogens is 2. The van der Waals surface area contributed by atoms with Crippen LogP contribution in [0.4, 0.5) is 11.4 Å². The van der Waals surface area contributed by atoms with E-state index in [1.807, 2.05) is 6.07 Å². The molecule has 3 aromatic rings. The number of nitrogens with zero attached hydrogens (tertiary/aromatic N) is 4. The van der Waals surface area contributed by atoms with Crippen LogP contribution in [0.2, 0.25) is 0 Å². The lowest BCUT2D eigenvalue weighted by Crippen LogP contribution is -2.54. The molecule has 11 nitrogen and oxygen atoms in total. The summed E-state index contributed by atoms with van der Waals surface area (Å²) in [4.78, 5) is 53.6. The monoisotopic (exact) mass is 581 g/mol. The van der Waals surface area contributed by atoms with E-state index in [2.05, 4.69) is 43.7 Å². The Morgan fingerprint density at radius 1 is 0.930 bits per heavy atom. The van der Waals surface area contributed by atoms with Crippen LogP contribution in [0.1, 0.15) is 76.9 Å². The maximum absolute atomic E-state index is 13.2. The molecule has 4 heterocycles. The summed E-state index contributed by atoms with van der Waals surface area (Å²) in [6, 6.07) is 11.3. The fourth-order valence-corrected chi connectivity index (χ4v) is 7.19. The zero-order valence-electron chi connectivity index (χ0n) is 24.0. The zero-order valence-corrected chi connectivity index (χ0v) is 24.0. The number of carbonyl (C=O) groups excluding carboxylic acids is 4. The first-order chi connectivity index (χ1) is 21.0. The highest BCUT2D eigenvalue weighted by molar-refractivity contribution is 6.23. The van der Waals surface area contributed by atoms with Crippen molar-refractivity contribution in [3.8, 4) is 0 Å². The van der Waals surface area contributed by atoms with Crippen molar-refractivity contribution in [2.45, 2.75) is 56.5 Å². The van der Waals surface area contributed by atoms with E-state index in [9.17, 15) is 19.2 Å². The summed E-state index contributed by atoms with van der Waals surface area (Å²) in [7, 11) is 0. The van der Waals surface area contributed by atoms with E-state index >= 15 is 0 Å². The minimum absolute atomic E-state index is 0.103. The van der Waals surface area contributed by atoms with Crippen molar-refractivity contribution in [1.29, 1.82) is 0 Å². The molecule has 3 aliphatic heterocycles. The minimum atomic E-state index is -0.959. The molecule has 43 heavy (non-hydrogen) atoms. The number of para-hydroxylation sites is 1. The Labute approximate surface area is 248 Å². The summed E-state index contributed by atoms with van der Waals surface area (Å²) in [6.07, 6.45) is 4.74. The van der Waals surface area contributed by atoms with E-state index in [1.54, 1.807) is 12.1 Å². The second-order valence-corrected chi connectivity index (χ2v) is 12.6. The van der Waals surface area contributed by atoms with Crippen molar-refractivity contribution in [3.63, 3.8) is 0 Å². The van der Waals surface area contributed by atoms with Crippen molar-refractivity contribution in [1.82, 2.24) is 25.3 Å². The third-order valence-electron chi connectivity index (χ3n) is 9.75. The van der Waals surface area contributed by atoms with Gasteiger partial charge in [0.15, 0.2) is 0 Å². The first-order valence-electron chi connectivity index (χ1n) is 15.5. The SMILES string of the molecule is O=C1CCC(N2C(=O)c3ccc(NC[C@H]4C[C@H](n5nc(C6CC6)c6cccc(N7CCNCC7)c65)C4)cc3C2=O)C(=O)N1. The van der Waals surface area contributed by atoms with Crippen LogP contribution in [-0.2, 0) is 9.59 Å². The molecular formula is C32H35N7O4. The number of amides is 4. The van der Waals surface area contributed by atoms with Crippen molar-refractivity contribution in [2.75, 3.05) is 42.9 Å². The van der Waals surface area contributed by atoms with Crippen molar-refractivity contribution < 1.29 is 19.2 Å². The second-order valence-electron chi connectivity index (χ2n) is 12.6. The maximum atomic E-state index is 13.2. The molecule has 5 aliphatic rings. The molecule has 222 valence electrons. The molecular weight excluding hydrogens is 546 g/mol. The molecule has 2 saturated heterocycles. The molecule has 1 aromatic heterocycles. The summed E-state index contributed by atoms with van der Waals surface area (Å²) >= 11 is 0. The summed E-state index contributed by atoms with van der Waals surface area (Å²) in [6.45, 7) is 4.75. The number of hydrogen-bond donors (Lipinski definition) is 3. The van der Waals surface area contributed by atoms with E-state index < -0.39 is 23.8 Å². The number of carbonyl (C=O) groups is 4. The number of imide groups is 2. The third kappa shape index (κ3) is 4.48. The Morgan fingerprint density at radius 3 is 2.49 bits per heavy atom. The van der Waals surface area contributed by atoms with Crippen LogP contribution in [-0.4, -0.2) is 77.1 Å². The zero-order chi connectivity index (χ0) is 29.2.